The molecule has 8 heteroatoms. The highest BCUT2D eigenvalue weighted by Gasteiger charge is 2.47. The van der Waals surface area contributed by atoms with Crippen LogP contribution < -0.4 is 0 Å². The highest BCUT2D eigenvalue weighted by Crippen LogP contribution is 2.45. The minimum absolute atomic E-state index is 0.00481. The minimum atomic E-state index is -5.05. The molecule has 0 spiro atoms. The number of pyridine rings is 1. The van der Waals surface area contributed by atoms with Crippen molar-refractivity contribution in [2.75, 3.05) is 13.1 Å². The molecule has 122 valence electrons. The van der Waals surface area contributed by atoms with E-state index in [0.29, 0.717) is 5.56 Å². The quantitative estimate of drug-likeness (QED) is 0.783. The maximum absolute atomic E-state index is 13.3. The molecule has 1 aromatic heterocycles. The Morgan fingerprint density at radius 3 is 2.36 bits per heavy atom. The van der Waals surface area contributed by atoms with Gasteiger partial charge in [-0.2, -0.15) is 0 Å². The fourth-order valence-corrected chi connectivity index (χ4v) is 2.65. The van der Waals surface area contributed by atoms with Gasteiger partial charge in [0, 0.05) is 25.5 Å². The molecule has 2 atom stereocenters. The summed E-state index contributed by atoms with van der Waals surface area (Å²) >= 11 is 0. The zero-order valence-electron chi connectivity index (χ0n) is 12.8. The minimum Gasteiger partial charge on any atom is -0.449 e. The van der Waals surface area contributed by atoms with Crippen LogP contribution in [0.15, 0.2) is 24.5 Å². The molecule has 1 amide bonds. The van der Waals surface area contributed by atoms with Crippen molar-refractivity contribution < 1.29 is 22.5 Å². The number of likely N-dealkylation sites (tertiary alicyclic amines) is 1. The van der Waals surface area contributed by atoms with E-state index in [-0.39, 0.29) is 13.1 Å². The molecule has 1 aromatic rings. The van der Waals surface area contributed by atoms with Crippen LogP contribution in [0.2, 0.25) is 5.82 Å². The van der Waals surface area contributed by atoms with Crippen LogP contribution >= 0.6 is 0 Å². The summed E-state index contributed by atoms with van der Waals surface area (Å²) in [4.78, 5) is 17.0. The predicted molar refractivity (Wildman–Crippen MR) is 77.6 cm³/mol. The van der Waals surface area contributed by atoms with E-state index in [0.717, 1.165) is 4.90 Å². The first kappa shape index (κ1) is 16.6. The summed E-state index contributed by atoms with van der Waals surface area (Å²) in [5.74, 6) is -2.30. The number of carbonyl (C=O) groups is 1. The molecule has 1 aliphatic heterocycles. The van der Waals surface area contributed by atoms with Crippen molar-refractivity contribution in [3.8, 4) is 0 Å². The zero-order chi connectivity index (χ0) is 16.5. The number of rotatable bonds is 2. The molecule has 4 nitrogen and oxygen atoms in total. The molecule has 0 aromatic carbocycles. The van der Waals surface area contributed by atoms with Gasteiger partial charge in [-0.25, -0.2) is 4.79 Å². The van der Waals surface area contributed by atoms with Gasteiger partial charge in [0.15, 0.2) is 0 Å². The number of aromatic nitrogens is 1. The summed E-state index contributed by atoms with van der Waals surface area (Å²) < 4.78 is 45.2. The van der Waals surface area contributed by atoms with Gasteiger partial charge in [-0.1, -0.05) is 0 Å². The lowest BCUT2D eigenvalue weighted by Gasteiger charge is -2.27. The average molecular weight is 315 g/mol. The van der Waals surface area contributed by atoms with E-state index in [9.17, 15) is 17.7 Å². The van der Waals surface area contributed by atoms with E-state index >= 15 is 0 Å². The van der Waals surface area contributed by atoms with Crippen LogP contribution in [0.4, 0.5) is 17.7 Å². The van der Waals surface area contributed by atoms with E-state index in [1.165, 1.54) is 12.4 Å². The Kier molecular flexibility index (Phi) is 4.40. The lowest BCUT2D eigenvalue weighted by atomic mass is 9.65. The maximum atomic E-state index is 13.3. The lowest BCUT2D eigenvalue weighted by Crippen LogP contribution is -2.36. The molecule has 2 rings (SSSR count). The predicted octanol–water partition coefficient (Wildman–Crippen LogP) is 3.63. The van der Waals surface area contributed by atoms with Gasteiger partial charge in [0.25, 0.3) is 0 Å². The number of carbonyl (C=O) groups excluding carboxylic acids is 1. The average Bonchev–Trinajstić information content (AvgIpc) is 2.82. The number of ether oxygens (including phenoxy) is 1. The summed E-state index contributed by atoms with van der Waals surface area (Å²) in [6.07, 6.45) is 2.23. The summed E-state index contributed by atoms with van der Waals surface area (Å²) in [7, 11) is 0. The smallest absolute Gasteiger partial charge is 0.449 e. The Bertz CT molecular complexity index is 531. The Morgan fingerprint density at radius 2 is 1.86 bits per heavy atom. The van der Waals surface area contributed by atoms with Gasteiger partial charge in [0.1, 0.15) is 5.60 Å². The van der Waals surface area contributed by atoms with E-state index in [2.05, 4.69) is 4.98 Å². The first-order chi connectivity index (χ1) is 10.1. The third kappa shape index (κ3) is 3.93. The molecule has 1 fully saturated rings. The second-order valence-corrected chi connectivity index (χ2v) is 6.56. The Hall–Kier alpha value is -1.73. The van der Waals surface area contributed by atoms with Crippen molar-refractivity contribution in [2.24, 2.45) is 0 Å². The molecule has 0 saturated carbocycles. The second-order valence-electron chi connectivity index (χ2n) is 6.56. The summed E-state index contributed by atoms with van der Waals surface area (Å²) in [5.41, 5.74) is -0.185. The fourth-order valence-electron chi connectivity index (χ4n) is 2.65. The van der Waals surface area contributed by atoms with Crippen LogP contribution in [0, 0.1) is 0 Å². The van der Waals surface area contributed by atoms with Gasteiger partial charge in [-0.05, 0) is 50.2 Å². The number of hydrogen-bond acceptors (Lipinski definition) is 3. The number of hydrogen-bond donors (Lipinski definition) is 0. The van der Waals surface area contributed by atoms with Gasteiger partial charge < -0.3 is 22.6 Å². The van der Waals surface area contributed by atoms with Crippen LogP contribution in [-0.4, -0.2) is 41.6 Å². The number of halogens is 3. The molecule has 1 aliphatic rings. The van der Waals surface area contributed by atoms with E-state index in [1.807, 2.05) is 0 Å². The largest absolute Gasteiger partial charge is 0.483 e. The third-order valence-electron chi connectivity index (χ3n) is 3.64. The third-order valence-corrected chi connectivity index (χ3v) is 3.64. The molecule has 0 radical (unpaired) electrons. The van der Waals surface area contributed by atoms with E-state index in [4.69, 9.17) is 4.74 Å². The van der Waals surface area contributed by atoms with Gasteiger partial charge >= 0.3 is 13.1 Å². The molecule has 2 heterocycles. The molecule has 0 aliphatic carbocycles. The van der Waals surface area contributed by atoms with Crippen molar-refractivity contribution in [1.82, 2.24) is 9.88 Å². The molecule has 0 N–H and O–H groups in total. The molecule has 2 unspecified atom stereocenters. The van der Waals surface area contributed by atoms with Crippen LogP contribution in [0.5, 0.6) is 0 Å². The lowest BCUT2D eigenvalue weighted by molar-refractivity contribution is 0.0292. The van der Waals surface area contributed by atoms with Gasteiger partial charge in [0.2, 0.25) is 0 Å². The van der Waals surface area contributed by atoms with Gasteiger partial charge in [-0.15, -0.1) is 0 Å². The topological polar surface area (TPSA) is 42.4 Å². The Labute approximate surface area is 127 Å². The molecular weight excluding hydrogens is 296 g/mol. The van der Waals surface area contributed by atoms with Crippen LogP contribution in [-0.2, 0) is 4.74 Å². The van der Waals surface area contributed by atoms with Crippen molar-refractivity contribution in [2.45, 2.75) is 38.1 Å². The van der Waals surface area contributed by atoms with E-state index < -0.39 is 30.4 Å². The molecular formula is C14H19BF3N2O2-. The first-order valence-corrected chi connectivity index (χ1v) is 7.16. The molecule has 0 bridgehead atoms. The van der Waals surface area contributed by atoms with Crippen LogP contribution in [0.3, 0.4) is 0 Å². The van der Waals surface area contributed by atoms with Crippen molar-refractivity contribution in [3.63, 3.8) is 0 Å². The number of nitrogens with zero attached hydrogens (tertiary/aromatic N) is 2. The standard InChI is InChI=1S/C14H19BF3N2O2/c1-14(2,3)22-13(21)20-8-11(10-4-6-19-7-5-10)12(9-20)15(16,17)18/h4-7,11-12H,8-9H2,1-3H3/q-1. The van der Waals surface area contributed by atoms with Crippen LogP contribution in [0.25, 0.3) is 0 Å². The Morgan fingerprint density at radius 1 is 1.27 bits per heavy atom. The molecule has 1 saturated heterocycles. The molecule has 22 heavy (non-hydrogen) atoms. The summed E-state index contributed by atoms with van der Waals surface area (Å²) in [6.45, 7) is -0.342. The maximum Gasteiger partial charge on any atom is 0.483 e. The monoisotopic (exact) mass is 315 g/mol. The second kappa shape index (κ2) is 5.81. The Balaban J connectivity index is 2.21. The first-order valence-electron chi connectivity index (χ1n) is 7.16. The van der Waals surface area contributed by atoms with Gasteiger partial charge in [-0.3, -0.25) is 4.98 Å². The summed E-state index contributed by atoms with van der Waals surface area (Å²) in [6, 6.07) is 3.14. The number of amides is 1. The van der Waals surface area contributed by atoms with Gasteiger partial charge in [0.05, 0.1) is 0 Å². The highest BCUT2D eigenvalue weighted by atomic mass is 19.4. The van der Waals surface area contributed by atoms with E-state index in [1.54, 1.807) is 32.9 Å². The van der Waals surface area contributed by atoms with Crippen molar-refractivity contribution in [3.05, 3.63) is 30.1 Å². The fraction of sp³-hybridized carbons (Fsp3) is 0.571. The van der Waals surface area contributed by atoms with Crippen molar-refractivity contribution in [1.29, 1.82) is 0 Å². The van der Waals surface area contributed by atoms with Crippen molar-refractivity contribution >= 4 is 13.1 Å². The highest BCUT2D eigenvalue weighted by molar-refractivity contribution is 6.60. The SMILES string of the molecule is CC(C)(C)OC(=O)N1CC(c2ccncc2)C([B-](F)(F)F)C1. The summed E-state index contributed by atoms with van der Waals surface area (Å²) in [5, 5.41) is 0. The normalized spacial score (nSPS) is 22.7. The van der Waals surface area contributed by atoms with Crippen LogP contribution in [0.1, 0.15) is 32.3 Å². The zero-order valence-corrected chi connectivity index (χ0v) is 12.8.